The van der Waals surface area contributed by atoms with Crippen LogP contribution in [0.1, 0.15) is 18.2 Å². The summed E-state index contributed by atoms with van der Waals surface area (Å²) in [5.41, 5.74) is 3.24. The van der Waals surface area contributed by atoms with Crippen molar-refractivity contribution in [1.82, 2.24) is 20.0 Å². The zero-order chi connectivity index (χ0) is 20.6. The van der Waals surface area contributed by atoms with Crippen LogP contribution in [0.3, 0.4) is 0 Å². The van der Waals surface area contributed by atoms with E-state index in [0.717, 1.165) is 41.8 Å². The highest BCUT2D eigenvalue weighted by molar-refractivity contribution is 5.79. The second-order valence-electron chi connectivity index (χ2n) is 6.89. The summed E-state index contributed by atoms with van der Waals surface area (Å²) in [5, 5.41) is 6.63. The first-order chi connectivity index (χ1) is 14.1. The standard InChI is InChI=1S/C22H29N5O2/c1-16-7-6-12-27-15-18(26-21(16)27)10-11-24-22(23-3)25-14-17(2)29-20-9-5-8-19(13-20)28-4/h5-9,12-13,15,17H,10-11,14H2,1-4H3,(H2,23,24,25). The summed E-state index contributed by atoms with van der Waals surface area (Å²) in [6.45, 7) is 5.46. The van der Waals surface area contributed by atoms with E-state index in [9.17, 15) is 0 Å². The van der Waals surface area contributed by atoms with Crippen molar-refractivity contribution < 1.29 is 9.47 Å². The van der Waals surface area contributed by atoms with Gasteiger partial charge in [-0.1, -0.05) is 12.1 Å². The number of fused-ring (bicyclic) bond motifs is 1. The molecule has 2 N–H and O–H groups in total. The first-order valence-corrected chi connectivity index (χ1v) is 9.77. The third kappa shape index (κ3) is 5.63. The molecule has 0 saturated carbocycles. The van der Waals surface area contributed by atoms with E-state index in [4.69, 9.17) is 14.5 Å². The van der Waals surface area contributed by atoms with E-state index in [2.05, 4.69) is 39.2 Å². The molecule has 0 fully saturated rings. The summed E-state index contributed by atoms with van der Waals surface area (Å²) in [4.78, 5) is 8.98. The van der Waals surface area contributed by atoms with Crippen LogP contribution in [-0.2, 0) is 6.42 Å². The molecule has 2 heterocycles. The molecule has 0 spiro atoms. The predicted molar refractivity (Wildman–Crippen MR) is 116 cm³/mol. The maximum atomic E-state index is 5.93. The van der Waals surface area contributed by atoms with Crippen LogP contribution in [0.25, 0.3) is 5.65 Å². The monoisotopic (exact) mass is 395 g/mol. The number of methoxy groups -OCH3 is 1. The summed E-state index contributed by atoms with van der Waals surface area (Å²) in [6.07, 6.45) is 4.89. The van der Waals surface area contributed by atoms with Gasteiger partial charge in [-0.15, -0.1) is 0 Å². The molecule has 0 aliphatic carbocycles. The Hall–Kier alpha value is -3.22. The Morgan fingerprint density at radius 2 is 2.03 bits per heavy atom. The van der Waals surface area contributed by atoms with Gasteiger partial charge in [-0.05, 0) is 37.6 Å². The van der Waals surface area contributed by atoms with E-state index >= 15 is 0 Å². The van der Waals surface area contributed by atoms with Crippen LogP contribution in [0.4, 0.5) is 0 Å². The molecule has 7 heteroatoms. The van der Waals surface area contributed by atoms with Crippen molar-refractivity contribution in [3.63, 3.8) is 0 Å². The number of rotatable bonds is 8. The number of nitrogens with zero attached hydrogens (tertiary/aromatic N) is 3. The Labute approximate surface area is 171 Å². The van der Waals surface area contributed by atoms with Crippen LogP contribution in [0.2, 0.25) is 0 Å². The third-order valence-electron chi connectivity index (χ3n) is 4.56. The lowest BCUT2D eigenvalue weighted by atomic mass is 10.3. The molecule has 1 aromatic carbocycles. The maximum absolute atomic E-state index is 5.93. The average Bonchev–Trinajstić information content (AvgIpc) is 3.15. The minimum absolute atomic E-state index is 0.0259. The Morgan fingerprint density at radius 3 is 2.79 bits per heavy atom. The summed E-state index contributed by atoms with van der Waals surface area (Å²) in [6, 6.07) is 11.7. The number of hydrogen-bond donors (Lipinski definition) is 2. The molecular formula is C22H29N5O2. The van der Waals surface area contributed by atoms with Crippen molar-refractivity contribution in [3.05, 3.63) is 60.0 Å². The number of benzene rings is 1. The molecule has 7 nitrogen and oxygen atoms in total. The Balaban J connectivity index is 1.44. The van der Waals surface area contributed by atoms with Gasteiger partial charge in [-0.25, -0.2) is 4.98 Å². The molecule has 29 heavy (non-hydrogen) atoms. The molecule has 1 unspecified atom stereocenters. The van der Waals surface area contributed by atoms with E-state index in [0.29, 0.717) is 6.54 Å². The molecule has 0 aliphatic rings. The lowest BCUT2D eigenvalue weighted by Gasteiger charge is -2.18. The van der Waals surface area contributed by atoms with Gasteiger partial charge in [0.05, 0.1) is 19.3 Å². The zero-order valence-corrected chi connectivity index (χ0v) is 17.5. The minimum atomic E-state index is -0.0259. The number of hydrogen-bond acceptors (Lipinski definition) is 4. The van der Waals surface area contributed by atoms with Crippen LogP contribution < -0.4 is 20.1 Å². The quantitative estimate of drug-likeness (QED) is 0.453. The van der Waals surface area contributed by atoms with Crippen molar-refractivity contribution in [2.45, 2.75) is 26.4 Å². The van der Waals surface area contributed by atoms with Crippen LogP contribution in [0, 0.1) is 6.92 Å². The van der Waals surface area contributed by atoms with Gasteiger partial charge in [0, 0.05) is 38.5 Å². The van der Waals surface area contributed by atoms with Crippen molar-refractivity contribution in [2.75, 3.05) is 27.2 Å². The van der Waals surface area contributed by atoms with Crippen molar-refractivity contribution in [2.24, 2.45) is 4.99 Å². The van der Waals surface area contributed by atoms with Crippen LogP contribution in [0.5, 0.6) is 11.5 Å². The zero-order valence-electron chi connectivity index (χ0n) is 17.5. The Kier molecular flexibility index (Phi) is 6.94. The number of aryl methyl sites for hydroxylation is 1. The first kappa shape index (κ1) is 20.5. The van der Waals surface area contributed by atoms with E-state index < -0.39 is 0 Å². The minimum Gasteiger partial charge on any atom is -0.497 e. The molecule has 0 amide bonds. The lowest BCUT2D eigenvalue weighted by molar-refractivity contribution is 0.223. The highest BCUT2D eigenvalue weighted by atomic mass is 16.5. The summed E-state index contributed by atoms with van der Waals surface area (Å²) < 4.78 is 13.2. The maximum Gasteiger partial charge on any atom is 0.191 e. The molecule has 0 radical (unpaired) electrons. The summed E-state index contributed by atoms with van der Waals surface area (Å²) >= 11 is 0. The normalized spacial score (nSPS) is 12.6. The van der Waals surface area contributed by atoms with E-state index in [1.165, 1.54) is 5.56 Å². The first-order valence-electron chi connectivity index (χ1n) is 9.77. The largest absolute Gasteiger partial charge is 0.497 e. The highest BCUT2D eigenvalue weighted by Gasteiger charge is 2.08. The number of pyridine rings is 1. The smallest absolute Gasteiger partial charge is 0.191 e. The SMILES string of the molecule is CN=C(NCCc1cn2cccc(C)c2n1)NCC(C)Oc1cccc(OC)c1. The number of aliphatic imine (C=N–C) groups is 1. The fourth-order valence-corrected chi connectivity index (χ4v) is 3.04. The van der Waals surface area contributed by atoms with Crippen LogP contribution in [0.15, 0.2) is 53.8 Å². The number of nitrogens with one attached hydrogen (secondary N) is 2. The predicted octanol–water partition coefficient (Wildman–Crippen LogP) is 2.83. The lowest BCUT2D eigenvalue weighted by Crippen LogP contribution is -2.42. The molecule has 3 rings (SSSR count). The van der Waals surface area contributed by atoms with E-state index in [1.807, 2.05) is 43.5 Å². The van der Waals surface area contributed by atoms with Gasteiger partial charge in [0.1, 0.15) is 23.3 Å². The Morgan fingerprint density at radius 1 is 1.21 bits per heavy atom. The second kappa shape index (κ2) is 9.82. The molecular weight excluding hydrogens is 366 g/mol. The fourth-order valence-electron chi connectivity index (χ4n) is 3.04. The van der Waals surface area contributed by atoms with Crippen molar-refractivity contribution in [1.29, 1.82) is 0 Å². The summed E-state index contributed by atoms with van der Waals surface area (Å²) in [7, 11) is 3.41. The van der Waals surface area contributed by atoms with Gasteiger partial charge >= 0.3 is 0 Å². The molecule has 0 aliphatic heterocycles. The van der Waals surface area contributed by atoms with Crippen molar-refractivity contribution >= 4 is 11.6 Å². The molecule has 0 saturated heterocycles. The van der Waals surface area contributed by atoms with Gasteiger partial charge in [0.25, 0.3) is 0 Å². The third-order valence-corrected chi connectivity index (χ3v) is 4.56. The molecule has 154 valence electrons. The van der Waals surface area contributed by atoms with Crippen molar-refractivity contribution in [3.8, 4) is 11.5 Å². The van der Waals surface area contributed by atoms with E-state index in [1.54, 1.807) is 14.2 Å². The van der Waals surface area contributed by atoms with E-state index in [-0.39, 0.29) is 6.10 Å². The van der Waals surface area contributed by atoms with Gasteiger partial charge in [-0.2, -0.15) is 0 Å². The Bertz CT molecular complexity index is 967. The number of ether oxygens (including phenoxy) is 2. The topological polar surface area (TPSA) is 72.2 Å². The van der Waals surface area contributed by atoms with Gasteiger partial charge in [-0.3, -0.25) is 4.99 Å². The van der Waals surface area contributed by atoms with Gasteiger partial charge in [0.15, 0.2) is 5.96 Å². The van der Waals surface area contributed by atoms with Crippen LogP contribution >= 0.6 is 0 Å². The summed E-state index contributed by atoms with van der Waals surface area (Å²) in [5.74, 6) is 2.30. The van der Waals surface area contributed by atoms with Gasteiger partial charge in [0.2, 0.25) is 0 Å². The number of imidazole rings is 1. The number of guanidine groups is 1. The molecule has 3 aromatic rings. The van der Waals surface area contributed by atoms with Crippen LogP contribution in [-0.4, -0.2) is 48.7 Å². The molecule has 0 bridgehead atoms. The molecule has 1 atom stereocenters. The number of aromatic nitrogens is 2. The second-order valence-corrected chi connectivity index (χ2v) is 6.89. The molecule has 2 aromatic heterocycles. The fraction of sp³-hybridized carbons (Fsp3) is 0.364. The highest BCUT2D eigenvalue weighted by Crippen LogP contribution is 2.19. The average molecular weight is 396 g/mol. The van der Waals surface area contributed by atoms with Gasteiger partial charge < -0.3 is 24.5 Å².